The largest absolute Gasteiger partial charge is 0.469 e. The molecule has 0 aliphatic carbocycles. The fraction of sp³-hybridized carbons (Fsp3) is 0.438. The Kier molecular flexibility index (Phi) is 5.33. The van der Waals surface area contributed by atoms with Crippen molar-refractivity contribution < 1.29 is 28.6 Å². The van der Waals surface area contributed by atoms with Gasteiger partial charge in [0.05, 0.1) is 33.2 Å². The van der Waals surface area contributed by atoms with Gasteiger partial charge in [0, 0.05) is 6.04 Å². The number of methoxy groups -OCH3 is 3. The third kappa shape index (κ3) is 3.19. The van der Waals surface area contributed by atoms with Crippen molar-refractivity contribution in [3.8, 4) is 0 Å². The van der Waals surface area contributed by atoms with E-state index in [1.54, 1.807) is 0 Å². The van der Waals surface area contributed by atoms with Crippen LogP contribution < -0.4 is 5.32 Å². The van der Waals surface area contributed by atoms with Gasteiger partial charge in [0.2, 0.25) is 0 Å². The van der Waals surface area contributed by atoms with Crippen molar-refractivity contribution in [1.29, 1.82) is 0 Å². The Morgan fingerprint density at radius 1 is 0.826 bits per heavy atom. The molecule has 1 aromatic carbocycles. The molecule has 0 aromatic heterocycles. The minimum Gasteiger partial charge on any atom is -0.469 e. The van der Waals surface area contributed by atoms with E-state index < -0.39 is 41.8 Å². The SMILES string of the molecule is COC(=O)[C@@H]1[C@H](C(=O)OC)[C@@H](c2ccccc2)N[C@H]1C(=O)OC. The van der Waals surface area contributed by atoms with Crippen LogP contribution in [0.4, 0.5) is 0 Å². The molecule has 7 nitrogen and oxygen atoms in total. The number of carbonyl (C=O) groups is 3. The molecule has 1 heterocycles. The highest BCUT2D eigenvalue weighted by Gasteiger charge is 2.55. The Morgan fingerprint density at radius 3 is 1.87 bits per heavy atom. The molecule has 0 bridgehead atoms. The zero-order valence-electron chi connectivity index (χ0n) is 13.1. The van der Waals surface area contributed by atoms with Crippen LogP contribution >= 0.6 is 0 Å². The number of rotatable bonds is 4. The van der Waals surface area contributed by atoms with Crippen LogP contribution in [0.3, 0.4) is 0 Å². The molecule has 1 aliphatic heterocycles. The van der Waals surface area contributed by atoms with Crippen LogP contribution in [0.15, 0.2) is 30.3 Å². The molecule has 7 heteroatoms. The third-order valence-electron chi connectivity index (χ3n) is 4.02. The van der Waals surface area contributed by atoms with Crippen molar-refractivity contribution in [2.24, 2.45) is 11.8 Å². The maximum absolute atomic E-state index is 12.3. The second kappa shape index (κ2) is 7.23. The Balaban J connectivity index is 2.47. The van der Waals surface area contributed by atoms with E-state index in [-0.39, 0.29) is 0 Å². The maximum Gasteiger partial charge on any atom is 0.323 e. The Labute approximate surface area is 133 Å². The highest BCUT2D eigenvalue weighted by Crippen LogP contribution is 2.39. The lowest BCUT2D eigenvalue weighted by atomic mass is 9.84. The van der Waals surface area contributed by atoms with Crippen molar-refractivity contribution in [1.82, 2.24) is 5.32 Å². The van der Waals surface area contributed by atoms with Gasteiger partial charge in [0.1, 0.15) is 6.04 Å². The number of benzene rings is 1. The standard InChI is InChI=1S/C16H19NO6/c1-21-14(18)10-11(15(19)22-2)13(16(20)23-3)17-12(10)9-7-5-4-6-8-9/h4-8,10-13,17H,1-3H3/t10-,11+,12+,13+/m0/s1. The maximum atomic E-state index is 12.3. The molecule has 4 atom stereocenters. The Hall–Kier alpha value is -2.41. The monoisotopic (exact) mass is 321 g/mol. The minimum absolute atomic E-state index is 0.558. The summed E-state index contributed by atoms with van der Waals surface area (Å²) in [5.41, 5.74) is 0.767. The number of nitrogens with one attached hydrogen (secondary N) is 1. The molecule has 1 N–H and O–H groups in total. The topological polar surface area (TPSA) is 90.9 Å². The predicted octanol–water partition coefficient (Wildman–Crippen LogP) is 0.451. The molecule has 0 unspecified atom stereocenters. The van der Waals surface area contributed by atoms with E-state index in [9.17, 15) is 14.4 Å². The molecule has 2 rings (SSSR count). The quantitative estimate of drug-likeness (QED) is 0.636. The molecule has 23 heavy (non-hydrogen) atoms. The van der Waals surface area contributed by atoms with Crippen LogP contribution in [0.1, 0.15) is 11.6 Å². The van der Waals surface area contributed by atoms with Crippen LogP contribution in [0.2, 0.25) is 0 Å². The third-order valence-corrected chi connectivity index (χ3v) is 4.02. The average molecular weight is 321 g/mol. The molecule has 0 amide bonds. The smallest absolute Gasteiger partial charge is 0.323 e. The zero-order chi connectivity index (χ0) is 17.0. The van der Waals surface area contributed by atoms with E-state index in [0.717, 1.165) is 5.56 Å². The van der Waals surface area contributed by atoms with Gasteiger partial charge in [0.25, 0.3) is 0 Å². The van der Waals surface area contributed by atoms with Gasteiger partial charge in [0.15, 0.2) is 0 Å². The molecule has 124 valence electrons. The first kappa shape index (κ1) is 17.0. The second-order valence-electron chi connectivity index (χ2n) is 5.15. The molecule has 0 radical (unpaired) electrons. The molecular formula is C16H19NO6. The van der Waals surface area contributed by atoms with Crippen LogP contribution in [-0.4, -0.2) is 45.3 Å². The van der Waals surface area contributed by atoms with Gasteiger partial charge < -0.3 is 14.2 Å². The van der Waals surface area contributed by atoms with Crippen molar-refractivity contribution in [2.45, 2.75) is 12.1 Å². The number of hydrogen-bond acceptors (Lipinski definition) is 7. The molecule has 1 saturated heterocycles. The van der Waals surface area contributed by atoms with Crippen molar-refractivity contribution in [2.75, 3.05) is 21.3 Å². The first-order valence-electron chi connectivity index (χ1n) is 7.09. The molecule has 1 aromatic rings. The van der Waals surface area contributed by atoms with Crippen LogP contribution in [0, 0.1) is 11.8 Å². The highest BCUT2D eigenvalue weighted by molar-refractivity contribution is 5.91. The van der Waals surface area contributed by atoms with E-state index in [2.05, 4.69) is 5.32 Å². The molecule has 1 fully saturated rings. The summed E-state index contributed by atoms with van der Waals surface area (Å²) in [4.78, 5) is 36.5. The van der Waals surface area contributed by atoms with Gasteiger partial charge in [-0.3, -0.25) is 19.7 Å². The summed E-state index contributed by atoms with van der Waals surface area (Å²) in [6.07, 6.45) is 0. The van der Waals surface area contributed by atoms with E-state index >= 15 is 0 Å². The summed E-state index contributed by atoms with van der Waals surface area (Å²) in [6, 6.07) is 7.52. The second-order valence-corrected chi connectivity index (χ2v) is 5.15. The molecule has 0 spiro atoms. The van der Waals surface area contributed by atoms with Crippen LogP contribution in [0.5, 0.6) is 0 Å². The van der Waals surface area contributed by atoms with E-state index in [0.29, 0.717) is 0 Å². The lowest BCUT2D eigenvalue weighted by molar-refractivity contribution is -0.159. The molecular weight excluding hydrogens is 302 g/mol. The van der Waals surface area contributed by atoms with Crippen LogP contribution in [0.25, 0.3) is 0 Å². The lowest BCUT2D eigenvalue weighted by Crippen LogP contribution is -2.42. The lowest BCUT2D eigenvalue weighted by Gasteiger charge is -2.21. The summed E-state index contributed by atoms with van der Waals surface area (Å²) in [5, 5.41) is 3.01. The zero-order valence-corrected chi connectivity index (χ0v) is 13.1. The van der Waals surface area contributed by atoms with E-state index in [1.165, 1.54) is 21.3 Å². The van der Waals surface area contributed by atoms with Gasteiger partial charge in [-0.05, 0) is 5.56 Å². The molecule has 0 saturated carbocycles. The number of esters is 3. The number of ether oxygens (including phenoxy) is 3. The number of carbonyl (C=O) groups excluding carboxylic acids is 3. The van der Waals surface area contributed by atoms with Gasteiger partial charge >= 0.3 is 17.9 Å². The fourth-order valence-corrected chi connectivity index (χ4v) is 2.96. The predicted molar refractivity (Wildman–Crippen MR) is 79.1 cm³/mol. The first-order valence-corrected chi connectivity index (χ1v) is 7.09. The van der Waals surface area contributed by atoms with Crippen LogP contribution in [-0.2, 0) is 28.6 Å². The van der Waals surface area contributed by atoms with Gasteiger partial charge in [-0.2, -0.15) is 0 Å². The normalized spacial score (nSPS) is 26.4. The first-order chi connectivity index (χ1) is 11.0. The summed E-state index contributed by atoms with van der Waals surface area (Å²) >= 11 is 0. The van der Waals surface area contributed by atoms with Gasteiger partial charge in [-0.1, -0.05) is 30.3 Å². The minimum atomic E-state index is -1.02. The van der Waals surface area contributed by atoms with Crippen molar-refractivity contribution in [3.05, 3.63) is 35.9 Å². The average Bonchev–Trinajstić information content (AvgIpc) is 3.00. The number of hydrogen-bond donors (Lipinski definition) is 1. The van der Waals surface area contributed by atoms with E-state index in [1.807, 2.05) is 30.3 Å². The molecule has 1 aliphatic rings. The summed E-state index contributed by atoms with van der Waals surface area (Å²) in [5.74, 6) is -3.80. The van der Waals surface area contributed by atoms with Gasteiger partial charge in [-0.25, -0.2) is 0 Å². The highest BCUT2D eigenvalue weighted by atomic mass is 16.5. The Bertz CT molecular complexity index is 587. The Morgan fingerprint density at radius 2 is 1.35 bits per heavy atom. The summed E-state index contributed by atoms with van der Waals surface area (Å²) in [6.45, 7) is 0. The fourth-order valence-electron chi connectivity index (χ4n) is 2.96. The van der Waals surface area contributed by atoms with E-state index in [4.69, 9.17) is 14.2 Å². The summed E-state index contributed by atoms with van der Waals surface area (Å²) < 4.78 is 14.4. The van der Waals surface area contributed by atoms with Crippen molar-refractivity contribution >= 4 is 17.9 Å². The van der Waals surface area contributed by atoms with Crippen molar-refractivity contribution in [3.63, 3.8) is 0 Å². The van der Waals surface area contributed by atoms with Gasteiger partial charge in [-0.15, -0.1) is 0 Å². The summed E-state index contributed by atoms with van der Waals surface area (Å²) in [7, 11) is 3.67.